The first-order valence-electron chi connectivity index (χ1n) is 16.0. The second kappa shape index (κ2) is 9.47. The highest BCUT2D eigenvalue weighted by Crippen LogP contribution is 2.50. The lowest BCUT2D eigenvalue weighted by atomic mass is 9.92. The Morgan fingerprint density at radius 3 is 1.98 bits per heavy atom. The Labute approximate surface area is 273 Å². The van der Waals surface area contributed by atoms with Gasteiger partial charge < -0.3 is 9.15 Å². The number of nitrogens with zero attached hydrogens (tertiary/aromatic N) is 3. The highest BCUT2D eigenvalue weighted by Gasteiger charge is 2.24. The zero-order valence-corrected chi connectivity index (χ0v) is 25.4. The van der Waals surface area contributed by atoms with Crippen LogP contribution < -0.4 is 4.74 Å². The van der Waals surface area contributed by atoms with Gasteiger partial charge in [0.2, 0.25) is 0 Å². The summed E-state index contributed by atoms with van der Waals surface area (Å²) in [7, 11) is 0. The Morgan fingerprint density at radius 1 is 0.417 bits per heavy atom. The molecule has 0 saturated carbocycles. The third kappa shape index (κ3) is 3.58. The molecule has 5 heteroatoms. The van der Waals surface area contributed by atoms with Crippen molar-refractivity contribution in [3.8, 4) is 45.7 Å². The molecule has 10 aromatic rings. The smallest absolute Gasteiger partial charge is 0.167 e. The van der Waals surface area contributed by atoms with E-state index in [2.05, 4.69) is 78.9 Å². The van der Waals surface area contributed by atoms with E-state index in [1.165, 1.54) is 10.8 Å². The van der Waals surface area contributed by atoms with E-state index in [1.54, 1.807) is 0 Å². The van der Waals surface area contributed by atoms with E-state index in [0.29, 0.717) is 17.5 Å². The van der Waals surface area contributed by atoms with E-state index in [1.807, 2.05) is 60.7 Å². The van der Waals surface area contributed by atoms with Crippen LogP contribution in [0.3, 0.4) is 0 Å². The lowest BCUT2D eigenvalue weighted by Gasteiger charge is -2.22. The van der Waals surface area contributed by atoms with Gasteiger partial charge in [0, 0.05) is 43.4 Å². The molecule has 8 aromatic carbocycles. The maximum atomic E-state index is 6.77. The molecular weight excluding hydrogens is 590 g/mol. The van der Waals surface area contributed by atoms with Gasteiger partial charge in [0.15, 0.2) is 17.5 Å². The topological polar surface area (TPSA) is 61.0 Å². The summed E-state index contributed by atoms with van der Waals surface area (Å²) >= 11 is 0. The molecule has 0 aliphatic carbocycles. The lowest BCUT2D eigenvalue weighted by molar-refractivity contribution is 0.494. The minimum Gasteiger partial charge on any atom is -0.455 e. The highest BCUT2D eigenvalue weighted by molar-refractivity contribution is 6.26. The Kier molecular flexibility index (Phi) is 5.05. The summed E-state index contributed by atoms with van der Waals surface area (Å²) in [6.07, 6.45) is 0. The average Bonchev–Trinajstić information content (AvgIpc) is 3.54. The monoisotopic (exact) mass is 613 g/mol. The average molecular weight is 614 g/mol. The zero-order valence-electron chi connectivity index (χ0n) is 25.4. The van der Waals surface area contributed by atoms with Crippen LogP contribution in [0, 0.1) is 0 Å². The van der Waals surface area contributed by atoms with Crippen LogP contribution >= 0.6 is 0 Å². The molecule has 0 fully saturated rings. The van der Waals surface area contributed by atoms with Gasteiger partial charge in [-0.15, -0.1) is 0 Å². The third-order valence-corrected chi connectivity index (χ3v) is 9.66. The van der Waals surface area contributed by atoms with Crippen molar-refractivity contribution in [1.29, 1.82) is 0 Å². The molecule has 0 radical (unpaired) electrons. The SMILES string of the molecule is c1ccc(-c2nc(-c3ccc4c(ccc5c6ccccc6oc45)c3)nc(-c3ccc4ccc5ccc6cccc7c6c5c4c3O7)n2)cc1. The quantitative estimate of drug-likeness (QED) is 0.186. The summed E-state index contributed by atoms with van der Waals surface area (Å²) in [6.45, 7) is 0. The number of fused-ring (bicyclic) bond motifs is 5. The van der Waals surface area contributed by atoms with Crippen LogP contribution in [-0.2, 0) is 0 Å². The van der Waals surface area contributed by atoms with Crippen molar-refractivity contribution in [1.82, 2.24) is 15.0 Å². The molecule has 0 atom stereocenters. The van der Waals surface area contributed by atoms with Crippen LogP contribution in [0.15, 0.2) is 144 Å². The minimum absolute atomic E-state index is 0.562. The Hall–Kier alpha value is -6.59. The number of aromatic nitrogens is 3. The van der Waals surface area contributed by atoms with Gasteiger partial charge in [0.1, 0.15) is 22.7 Å². The number of furan rings is 1. The molecule has 11 rings (SSSR count). The molecule has 222 valence electrons. The van der Waals surface area contributed by atoms with Crippen molar-refractivity contribution >= 4 is 65.0 Å². The Bertz CT molecular complexity index is 2980. The van der Waals surface area contributed by atoms with Crippen LogP contribution in [0.25, 0.3) is 99.2 Å². The molecule has 5 nitrogen and oxygen atoms in total. The van der Waals surface area contributed by atoms with Crippen molar-refractivity contribution < 1.29 is 9.15 Å². The van der Waals surface area contributed by atoms with Crippen molar-refractivity contribution in [3.63, 3.8) is 0 Å². The highest BCUT2D eigenvalue weighted by atomic mass is 16.5. The Balaban J connectivity index is 1.15. The molecule has 48 heavy (non-hydrogen) atoms. The predicted molar refractivity (Wildman–Crippen MR) is 194 cm³/mol. The normalized spacial score (nSPS) is 12.3. The van der Waals surface area contributed by atoms with E-state index in [4.69, 9.17) is 24.1 Å². The molecular formula is C43H23N3O2. The number of hydrogen-bond donors (Lipinski definition) is 0. The molecule has 1 aliphatic heterocycles. The van der Waals surface area contributed by atoms with Gasteiger partial charge >= 0.3 is 0 Å². The summed E-state index contributed by atoms with van der Waals surface area (Å²) in [5, 5.41) is 11.2. The Morgan fingerprint density at radius 2 is 1.10 bits per heavy atom. The van der Waals surface area contributed by atoms with Gasteiger partial charge in [-0.2, -0.15) is 0 Å². The van der Waals surface area contributed by atoms with Crippen LogP contribution in [0.2, 0.25) is 0 Å². The summed E-state index contributed by atoms with van der Waals surface area (Å²) in [5.74, 6) is 3.37. The fourth-order valence-corrected chi connectivity index (χ4v) is 7.41. The first-order chi connectivity index (χ1) is 23.8. The minimum atomic E-state index is 0.562. The number of ether oxygens (including phenoxy) is 1. The molecule has 0 unspecified atom stereocenters. The van der Waals surface area contributed by atoms with Crippen molar-refractivity contribution in [3.05, 3.63) is 140 Å². The number of hydrogen-bond acceptors (Lipinski definition) is 5. The summed E-state index contributed by atoms with van der Waals surface area (Å²) in [4.78, 5) is 15.2. The van der Waals surface area contributed by atoms with Crippen molar-refractivity contribution in [2.45, 2.75) is 0 Å². The predicted octanol–water partition coefficient (Wildman–Crippen LogP) is 11.5. The van der Waals surface area contributed by atoms with E-state index in [-0.39, 0.29) is 0 Å². The standard InChI is InChI=1S/C43H23N3O2/c1-2-7-27(8-3-1)41-44-42(29-19-20-30-28(23-29)18-21-32-31-10-4-5-11-34(31)47-39(30)32)46-43(45-41)33-22-17-26-16-15-25-14-13-24-9-6-12-35-36(24)37(25)38(26)40(33)48-35/h1-23H. The molecule has 0 amide bonds. The van der Waals surface area contributed by atoms with Gasteiger partial charge in [-0.3, -0.25) is 0 Å². The number of para-hydroxylation sites is 1. The zero-order chi connectivity index (χ0) is 31.3. The van der Waals surface area contributed by atoms with Crippen LogP contribution in [0.1, 0.15) is 0 Å². The second-order valence-electron chi connectivity index (χ2n) is 12.4. The van der Waals surface area contributed by atoms with E-state index >= 15 is 0 Å². The van der Waals surface area contributed by atoms with Gasteiger partial charge in [0.25, 0.3) is 0 Å². The number of rotatable bonds is 3. The molecule has 0 saturated heterocycles. The fraction of sp³-hybridized carbons (Fsp3) is 0. The summed E-state index contributed by atoms with van der Waals surface area (Å²) < 4.78 is 13.1. The van der Waals surface area contributed by atoms with E-state index in [0.717, 1.165) is 82.4 Å². The van der Waals surface area contributed by atoms with Gasteiger partial charge in [-0.25, -0.2) is 15.0 Å². The first kappa shape index (κ1) is 25.6. The van der Waals surface area contributed by atoms with Crippen LogP contribution in [0.4, 0.5) is 0 Å². The molecule has 1 aliphatic rings. The van der Waals surface area contributed by atoms with Gasteiger partial charge in [-0.1, -0.05) is 103 Å². The molecule has 0 N–H and O–H groups in total. The van der Waals surface area contributed by atoms with E-state index < -0.39 is 0 Å². The third-order valence-electron chi connectivity index (χ3n) is 9.66. The summed E-state index contributed by atoms with van der Waals surface area (Å²) in [6, 6.07) is 48.0. The molecule has 2 aromatic heterocycles. The molecule has 3 heterocycles. The van der Waals surface area contributed by atoms with E-state index in [9.17, 15) is 0 Å². The second-order valence-corrected chi connectivity index (χ2v) is 12.4. The number of benzene rings is 8. The summed E-state index contributed by atoms with van der Waals surface area (Å²) in [5.41, 5.74) is 4.41. The van der Waals surface area contributed by atoms with Crippen LogP contribution in [-0.4, -0.2) is 15.0 Å². The van der Waals surface area contributed by atoms with Crippen molar-refractivity contribution in [2.24, 2.45) is 0 Å². The fourth-order valence-electron chi connectivity index (χ4n) is 7.41. The maximum Gasteiger partial charge on any atom is 0.167 e. The first-order valence-corrected chi connectivity index (χ1v) is 16.0. The lowest BCUT2D eigenvalue weighted by Crippen LogP contribution is -2.03. The largest absolute Gasteiger partial charge is 0.455 e. The van der Waals surface area contributed by atoms with Crippen molar-refractivity contribution in [2.75, 3.05) is 0 Å². The van der Waals surface area contributed by atoms with Gasteiger partial charge in [-0.05, 0) is 57.9 Å². The van der Waals surface area contributed by atoms with Crippen LogP contribution in [0.5, 0.6) is 11.5 Å². The molecule has 0 spiro atoms. The maximum absolute atomic E-state index is 6.77. The molecule has 0 bridgehead atoms. The van der Waals surface area contributed by atoms with Gasteiger partial charge in [0.05, 0.1) is 5.56 Å².